The molecule has 0 saturated heterocycles. The number of thiazole rings is 1. The molecule has 0 atom stereocenters. The van der Waals surface area contributed by atoms with Gasteiger partial charge in [-0.2, -0.15) is 9.65 Å². The molecule has 2 aromatic heterocycles. The SMILES string of the molecule is N#Cc1csc(C(=O)Nc2cccc(F)n2)n1. The van der Waals surface area contributed by atoms with Gasteiger partial charge in [0, 0.05) is 5.38 Å². The van der Waals surface area contributed by atoms with Crippen molar-refractivity contribution in [2.45, 2.75) is 0 Å². The van der Waals surface area contributed by atoms with Gasteiger partial charge in [-0.1, -0.05) is 6.07 Å². The van der Waals surface area contributed by atoms with E-state index in [1.54, 1.807) is 0 Å². The maximum absolute atomic E-state index is 12.8. The Balaban J connectivity index is 2.14. The maximum Gasteiger partial charge on any atom is 0.285 e. The van der Waals surface area contributed by atoms with Crippen LogP contribution in [0.3, 0.4) is 0 Å². The fourth-order valence-electron chi connectivity index (χ4n) is 1.08. The molecular formula is C10H5FN4OS. The van der Waals surface area contributed by atoms with Gasteiger partial charge < -0.3 is 5.32 Å². The van der Waals surface area contributed by atoms with E-state index in [1.165, 1.54) is 23.6 Å². The quantitative estimate of drug-likeness (QED) is 0.822. The van der Waals surface area contributed by atoms with Gasteiger partial charge in [0.25, 0.3) is 5.91 Å². The second-order valence-electron chi connectivity index (χ2n) is 2.95. The molecular weight excluding hydrogens is 243 g/mol. The van der Waals surface area contributed by atoms with Crippen molar-refractivity contribution in [3.05, 3.63) is 40.2 Å². The molecule has 0 aliphatic carbocycles. The summed E-state index contributed by atoms with van der Waals surface area (Å²) < 4.78 is 12.8. The van der Waals surface area contributed by atoms with Gasteiger partial charge in [-0.25, -0.2) is 9.97 Å². The molecule has 7 heteroatoms. The van der Waals surface area contributed by atoms with Crippen LogP contribution in [0.1, 0.15) is 15.5 Å². The molecule has 1 N–H and O–H groups in total. The van der Waals surface area contributed by atoms with Crippen LogP contribution >= 0.6 is 11.3 Å². The van der Waals surface area contributed by atoms with Crippen LogP contribution in [0.2, 0.25) is 0 Å². The zero-order chi connectivity index (χ0) is 12.3. The van der Waals surface area contributed by atoms with Crippen LogP contribution in [-0.2, 0) is 0 Å². The number of halogens is 1. The number of hydrogen-bond donors (Lipinski definition) is 1. The van der Waals surface area contributed by atoms with Crippen LogP contribution < -0.4 is 5.32 Å². The highest BCUT2D eigenvalue weighted by Gasteiger charge is 2.11. The zero-order valence-electron chi connectivity index (χ0n) is 8.35. The molecule has 0 spiro atoms. The highest BCUT2D eigenvalue weighted by Crippen LogP contribution is 2.11. The van der Waals surface area contributed by atoms with Crippen molar-refractivity contribution >= 4 is 23.1 Å². The van der Waals surface area contributed by atoms with Gasteiger partial charge >= 0.3 is 0 Å². The van der Waals surface area contributed by atoms with Crippen molar-refractivity contribution in [3.63, 3.8) is 0 Å². The van der Waals surface area contributed by atoms with Gasteiger partial charge in [0.1, 0.15) is 11.9 Å². The summed E-state index contributed by atoms with van der Waals surface area (Å²) in [6.07, 6.45) is 0. The van der Waals surface area contributed by atoms with E-state index in [1.807, 2.05) is 6.07 Å². The lowest BCUT2D eigenvalue weighted by Gasteiger charge is -2.00. The summed E-state index contributed by atoms with van der Waals surface area (Å²) in [4.78, 5) is 18.9. The van der Waals surface area contributed by atoms with Crippen LogP contribution in [0.5, 0.6) is 0 Å². The Morgan fingerprint density at radius 3 is 2.94 bits per heavy atom. The van der Waals surface area contributed by atoms with E-state index in [2.05, 4.69) is 15.3 Å². The Morgan fingerprint density at radius 1 is 1.47 bits per heavy atom. The molecule has 0 aliphatic heterocycles. The second kappa shape index (κ2) is 4.67. The topological polar surface area (TPSA) is 78.7 Å². The Hall–Kier alpha value is -2.33. The minimum atomic E-state index is -0.681. The molecule has 0 unspecified atom stereocenters. The van der Waals surface area contributed by atoms with Crippen LogP contribution in [-0.4, -0.2) is 15.9 Å². The number of nitrogens with zero attached hydrogens (tertiary/aromatic N) is 3. The van der Waals surface area contributed by atoms with Crippen LogP contribution in [0.25, 0.3) is 0 Å². The van der Waals surface area contributed by atoms with Crippen molar-refractivity contribution in [1.82, 2.24) is 9.97 Å². The third kappa shape index (κ3) is 2.62. The number of carbonyl (C=O) groups is 1. The first-order chi connectivity index (χ1) is 8.19. The molecule has 2 rings (SSSR count). The molecule has 0 saturated carbocycles. The van der Waals surface area contributed by atoms with E-state index in [0.29, 0.717) is 0 Å². The summed E-state index contributed by atoms with van der Waals surface area (Å²) in [6, 6.07) is 5.88. The van der Waals surface area contributed by atoms with E-state index < -0.39 is 11.9 Å². The lowest BCUT2D eigenvalue weighted by Crippen LogP contribution is -2.13. The van der Waals surface area contributed by atoms with E-state index in [-0.39, 0.29) is 16.5 Å². The number of carbonyl (C=O) groups excluding carboxylic acids is 1. The first kappa shape index (κ1) is 11.2. The van der Waals surface area contributed by atoms with Crippen molar-refractivity contribution in [1.29, 1.82) is 5.26 Å². The molecule has 0 fully saturated rings. The van der Waals surface area contributed by atoms with Crippen molar-refractivity contribution < 1.29 is 9.18 Å². The molecule has 0 aromatic carbocycles. The van der Waals surface area contributed by atoms with Crippen LogP contribution in [0, 0.1) is 17.3 Å². The smallest absolute Gasteiger partial charge is 0.285 e. The first-order valence-electron chi connectivity index (χ1n) is 4.48. The molecule has 1 amide bonds. The number of pyridine rings is 1. The fourth-order valence-corrected chi connectivity index (χ4v) is 1.71. The summed E-state index contributed by atoms with van der Waals surface area (Å²) in [7, 11) is 0. The highest BCUT2D eigenvalue weighted by molar-refractivity contribution is 7.11. The third-order valence-electron chi connectivity index (χ3n) is 1.77. The van der Waals surface area contributed by atoms with E-state index in [9.17, 15) is 9.18 Å². The lowest BCUT2D eigenvalue weighted by atomic mass is 10.4. The monoisotopic (exact) mass is 248 g/mol. The molecule has 2 aromatic rings. The Morgan fingerprint density at radius 2 is 2.29 bits per heavy atom. The summed E-state index contributed by atoms with van der Waals surface area (Å²) in [5.41, 5.74) is 0.173. The summed E-state index contributed by atoms with van der Waals surface area (Å²) >= 11 is 1.04. The standard InChI is InChI=1S/C10H5FN4OS/c11-7-2-1-3-8(14-7)15-9(16)10-13-6(4-12)5-17-10/h1-3,5H,(H,14,15,16). The minimum absolute atomic E-state index is 0.101. The van der Waals surface area contributed by atoms with Gasteiger partial charge in [0.2, 0.25) is 5.95 Å². The molecule has 0 aliphatic rings. The van der Waals surface area contributed by atoms with Crippen molar-refractivity contribution in [2.75, 3.05) is 5.32 Å². The van der Waals surface area contributed by atoms with Gasteiger partial charge in [-0.05, 0) is 12.1 Å². The number of anilines is 1. The van der Waals surface area contributed by atoms with Crippen molar-refractivity contribution in [3.8, 4) is 6.07 Å². The molecule has 84 valence electrons. The Labute approximate surface area is 99.6 Å². The highest BCUT2D eigenvalue weighted by atomic mass is 32.1. The largest absolute Gasteiger partial charge is 0.304 e. The molecule has 2 heterocycles. The van der Waals surface area contributed by atoms with Crippen molar-refractivity contribution in [2.24, 2.45) is 0 Å². The number of amides is 1. The number of hydrogen-bond acceptors (Lipinski definition) is 5. The maximum atomic E-state index is 12.8. The Kier molecular flexibility index (Phi) is 3.07. The van der Waals surface area contributed by atoms with Crippen LogP contribution in [0.4, 0.5) is 10.2 Å². The molecule has 0 radical (unpaired) electrons. The summed E-state index contributed by atoms with van der Waals surface area (Å²) in [5, 5.41) is 12.5. The van der Waals surface area contributed by atoms with Gasteiger partial charge in [-0.15, -0.1) is 11.3 Å². The lowest BCUT2D eigenvalue weighted by molar-refractivity contribution is 0.102. The second-order valence-corrected chi connectivity index (χ2v) is 3.81. The molecule has 0 bridgehead atoms. The van der Waals surface area contributed by atoms with E-state index in [0.717, 1.165) is 11.3 Å². The number of nitrogens with one attached hydrogen (secondary N) is 1. The predicted octanol–water partition coefficient (Wildman–Crippen LogP) is 1.80. The fraction of sp³-hybridized carbons (Fsp3) is 0. The van der Waals surface area contributed by atoms with E-state index >= 15 is 0 Å². The van der Waals surface area contributed by atoms with Crippen LogP contribution in [0.15, 0.2) is 23.6 Å². The van der Waals surface area contributed by atoms with Gasteiger partial charge in [0.05, 0.1) is 0 Å². The van der Waals surface area contributed by atoms with Gasteiger partial charge in [-0.3, -0.25) is 4.79 Å². The normalized spacial score (nSPS) is 9.65. The minimum Gasteiger partial charge on any atom is -0.304 e. The molecule has 17 heavy (non-hydrogen) atoms. The third-order valence-corrected chi connectivity index (χ3v) is 2.61. The average molecular weight is 248 g/mol. The predicted molar refractivity (Wildman–Crippen MR) is 59.0 cm³/mol. The van der Waals surface area contributed by atoms with Gasteiger partial charge in [0.15, 0.2) is 10.7 Å². The number of aromatic nitrogens is 2. The van der Waals surface area contributed by atoms with E-state index in [4.69, 9.17) is 5.26 Å². The zero-order valence-corrected chi connectivity index (χ0v) is 9.16. The summed E-state index contributed by atoms with van der Waals surface area (Å²) in [5.74, 6) is -1.10. The summed E-state index contributed by atoms with van der Waals surface area (Å²) in [6.45, 7) is 0. The molecule has 5 nitrogen and oxygen atoms in total. The average Bonchev–Trinajstić information content (AvgIpc) is 2.77. The number of rotatable bonds is 2. The number of nitriles is 1. The first-order valence-corrected chi connectivity index (χ1v) is 5.36. The Bertz CT molecular complexity index is 604.